The summed E-state index contributed by atoms with van der Waals surface area (Å²) in [5, 5.41) is 6.67. The molecule has 4 rings (SSSR count). The third-order valence-electron chi connectivity index (χ3n) is 5.03. The van der Waals surface area contributed by atoms with E-state index in [1.54, 1.807) is 25.1 Å². The molecule has 3 aromatic rings. The molecule has 1 N–H and O–H groups in total. The first-order chi connectivity index (χ1) is 14.5. The topological polar surface area (TPSA) is 107 Å². The average molecular weight is 408 g/mol. The minimum absolute atomic E-state index is 0.132. The zero-order chi connectivity index (χ0) is 21.3. The van der Waals surface area contributed by atoms with Crippen LogP contribution >= 0.6 is 0 Å². The van der Waals surface area contributed by atoms with Crippen molar-refractivity contribution in [2.45, 2.75) is 19.0 Å². The highest BCUT2D eigenvalue weighted by Gasteiger charge is 2.49. The fourth-order valence-corrected chi connectivity index (χ4v) is 3.34. The highest BCUT2D eigenvalue weighted by Crippen LogP contribution is 2.35. The Morgan fingerprint density at radius 2 is 1.80 bits per heavy atom. The van der Waals surface area contributed by atoms with E-state index >= 15 is 0 Å². The van der Waals surface area contributed by atoms with Gasteiger partial charge in [-0.1, -0.05) is 41.6 Å². The number of imide groups is 1. The molecular formula is C21H20N4O5. The van der Waals surface area contributed by atoms with Crippen LogP contribution in [0.3, 0.4) is 0 Å². The Morgan fingerprint density at radius 1 is 1.07 bits per heavy atom. The lowest BCUT2D eigenvalue weighted by molar-refractivity contribution is -0.131. The maximum absolute atomic E-state index is 13.2. The summed E-state index contributed by atoms with van der Waals surface area (Å²) in [7, 11) is 3.03. The SMILES string of the molecule is COc1ccc([C@]2(C)NC(=O)N(Cc3nc(-c4ccccc4)no3)C2=O)cc1OC. The molecule has 1 aliphatic rings. The van der Waals surface area contributed by atoms with Crippen LogP contribution in [-0.4, -0.2) is 41.2 Å². The summed E-state index contributed by atoms with van der Waals surface area (Å²) in [6.07, 6.45) is 0. The van der Waals surface area contributed by atoms with Crippen LogP contribution in [0.2, 0.25) is 0 Å². The molecule has 0 aliphatic carbocycles. The van der Waals surface area contributed by atoms with Crippen LogP contribution in [0.15, 0.2) is 53.1 Å². The number of carbonyl (C=O) groups excluding carboxylic acids is 2. The zero-order valence-corrected chi connectivity index (χ0v) is 16.7. The largest absolute Gasteiger partial charge is 0.493 e. The summed E-state index contributed by atoms with van der Waals surface area (Å²) < 4.78 is 15.8. The van der Waals surface area contributed by atoms with Crippen molar-refractivity contribution in [2.24, 2.45) is 0 Å². The number of amides is 3. The van der Waals surface area contributed by atoms with Gasteiger partial charge in [0, 0.05) is 5.56 Å². The van der Waals surface area contributed by atoms with Crippen LogP contribution in [0.25, 0.3) is 11.4 Å². The number of hydrogen-bond donors (Lipinski definition) is 1. The van der Waals surface area contributed by atoms with Crippen molar-refractivity contribution in [2.75, 3.05) is 14.2 Å². The van der Waals surface area contributed by atoms with Gasteiger partial charge in [-0.15, -0.1) is 0 Å². The summed E-state index contributed by atoms with van der Waals surface area (Å²) >= 11 is 0. The second kappa shape index (κ2) is 7.51. The van der Waals surface area contributed by atoms with E-state index in [1.165, 1.54) is 14.2 Å². The number of ether oxygens (including phenoxy) is 2. The molecule has 30 heavy (non-hydrogen) atoms. The lowest BCUT2D eigenvalue weighted by Crippen LogP contribution is -2.40. The van der Waals surface area contributed by atoms with Gasteiger partial charge in [-0.25, -0.2) is 4.79 Å². The molecule has 1 fully saturated rings. The molecule has 0 spiro atoms. The van der Waals surface area contributed by atoms with E-state index in [0.29, 0.717) is 22.9 Å². The number of methoxy groups -OCH3 is 2. The number of carbonyl (C=O) groups is 2. The average Bonchev–Trinajstić information content (AvgIpc) is 3.33. The lowest BCUT2D eigenvalue weighted by atomic mass is 9.91. The highest BCUT2D eigenvalue weighted by atomic mass is 16.5. The van der Waals surface area contributed by atoms with Gasteiger partial charge in [0.05, 0.1) is 14.2 Å². The Morgan fingerprint density at radius 3 is 2.50 bits per heavy atom. The van der Waals surface area contributed by atoms with Crippen molar-refractivity contribution in [3.05, 3.63) is 60.0 Å². The molecule has 0 bridgehead atoms. The summed E-state index contributed by atoms with van der Waals surface area (Å²) in [4.78, 5) is 31.1. The standard InChI is InChI=1S/C21H20N4O5/c1-21(14-9-10-15(28-2)16(11-14)29-3)19(26)25(20(27)23-21)12-17-22-18(24-30-17)13-7-5-4-6-8-13/h4-11H,12H2,1-3H3,(H,23,27)/t21-/m0/s1. The van der Waals surface area contributed by atoms with Gasteiger partial charge in [0.2, 0.25) is 11.7 Å². The van der Waals surface area contributed by atoms with E-state index in [1.807, 2.05) is 30.3 Å². The maximum Gasteiger partial charge on any atom is 0.325 e. The van der Waals surface area contributed by atoms with E-state index in [4.69, 9.17) is 14.0 Å². The van der Waals surface area contributed by atoms with Crippen LogP contribution in [0.4, 0.5) is 4.79 Å². The van der Waals surface area contributed by atoms with Gasteiger partial charge in [-0.3, -0.25) is 9.69 Å². The Bertz CT molecular complexity index is 1100. The molecule has 1 saturated heterocycles. The predicted molar refractivity (Wildman–Crippen MR) is 106 cm³/mol. The second-order valence-corrected chi connectivity index (χ2v) is 6.89. The van der Waals surface area contributed by atoms with Gasteiger partial charge in [0.1, 0.15) is 12.1 Å². The van der Waals surface area contributed by atoms with Gasteiger partial charge in [-0.05, 0) is 24.6 Å². The lowest BCUT2D eigenvalue weighted by Gasteiger charge is -2.23. The van der Waals surface area contributed by atoms with Crippen molar-refractivity contribution in [1.29, 1.82) is 0 Å². The fourth-order valence-electron chi connectivity index (χ4n) is 3.34. The first-order valence-electron chi connectivity index (χ1n) is 9.21. The summed E-state index contributed by atoms with van der Waals surface area (Å²) in [5.41, 5.74) is 0.0789. The maximum atomic E-state index is 13.2. The molecule has 154 valence electrons. The Hall–Kier alpha value is -3.88. The summed E-state index contributed by atoms with van der Waals surface area (Å²) in [6.45, 7) is 1.51. The Labute approximate surface area is 172 Å². The number of nitrogens with zero attached hydrogens (tertiary/aromatic N) is 3. The highest BCUT2D eigenvalue weighted by molar-refractivity contribution is 6.07. The van der Waals surface area contributed by atoms with Crippen molar-refractivity contribution < 1.29 is 23.6 Å². The molecule has 9 heteroatoms. The number of hydrogen-bond acceptors (Lipinski definition) is 7. The first kappa shape index (κ1) is 19.4. The van der Waals surface area contributed by atoms with Crippen molar-refractivity contribution in [3.8, 4) is 22.9 Å². The Balaban J connectivity index is 1.58. The van der Waals surface area contributed by atoms with Gasteiger partial charge in [0.25, 0.3) is 5.91 Å². The van der Waals surface area contributed by atoms with Crippen molar-refractivity contribution in [3.63, 3.8) is 0 Å². The van der Waals surface area contributed by atoms with Crippen LogP contribution in [0.1, 0.15) is 18.4 Å². The fraction of sp³-hybridized carbons (Fsp3) is 0.238. The van der Waals surface area contributed by atoms with E-state index < -0.39 is 17.5 Å². The van der Waals surface area contributed by atoms with Crippen molar-refractivity contribution in [1.82, 2.24) is 20.4 Å². The Kier molecular flexibility index (Phi) is 4.86. The summed E-state index contributed by atoms with van der Waals surface area (Å²) in [6, 6.07) is 13.8. The first-order valence-corrected chi connectivity index (χ1v) is 9.21. The van der Waals surface area contributed by atoms with Crippen LogP contribution in [-0.2, 0) is 16.9 Å². The molecular weight excluding hydrogens is 388 g/mol. The molecule has 0 saturated carbocycles. The van der Waals surface area contributed by atoms with Crippen LogP contribution in [0, 0.1) is 0 Å². The van der Waals surface area contributed by atoms with Crippen LogP contribution < -0.4 is 14.8 Å². The molecule has 0 unspecified atom stereocenters. The van der Waals surface area contributed by atoms with E-state index in [-0.39, 0.29) is 12.4 Å². The molecule has 1 aromatic heterocycles. The number of rotatable bonds is 6. The number of benzene rings is 2. The van der Waals surface area contributed by atoms with Gasteiger partial charge >= 0.3 is 6.03 Å². The van der Waals surface area contributed by atoms with E-state index in [9.17, 15) is 9.59 Å². The van der Waals surface area contributed by atoms with E-state index in [2.05, 4.69) is 15.5 Å². The molecule has 2 aromatic carbocycles. The molecule has 9 nitrogen and oxygen atoms in total. The molecule has 1 atom stereocenters. The quantitative estimate of drug-likeness (QED) is 0.625. The minimum Gasteiger partial charge on any atom is -0.493 e. The van der Waals surface area contributed by atoms with Gasteiger partial charge in [0.15, 0.2) is 11.5 Å². The predicted octanol–water partition coefficient (Wildman–Crippen LogP) is 2.72. The zero-order valence-electron chi connectivity index (χ0n) is 16.7. The normalized spacial score (nSPS) is 18.4. The molecule has 1 aliphatic heterocycles. The molecule has 2 heterocycles. The second-order valence-electron chi connectivity index (χ2n) is 6.89. The minimum atomic E-state index is -1.26. The molecule has 0 radical (unpaired) electrons. The number of nitrogens with one attached hydrogen (secondary N) is 1. The van der Waals surface area contributed by atoms with E-state index in [0.717, 1.165) is 10.5 Å². The third kappa shape index (κ3) is 3.24. The third-order valence-corrected chi connectivity index (χ3v) is 5.03. The monoisotopic (exact) mass is 408 g/mol. The van der Waals surface area contributed by atoms with Gasteiger partial charge < -0.3 is 19.3 Å². The van der Waals surface area contributed by atoms with Crippen LogP contribution in [0.5, 0.6) is 11.5 Å². The van der Waals surface area contributed by atoms with Gasteiger partial charge in [-0.2, -0.15) is 4.98 Å². The molecule has 3 amide bonds. The smallest absolute Gasteiger partial charge is 0.325 e. The van der Waals surface area contributed by atoms with Crippen molar-refractivity contribution >= 4 is 11.9 Å². The number of urea groups is 1. The summed E-state index contributed by atoms with van der Waals surface area (Å²) in [5.74, 6) is 1.10. The number of aromatic nitrogens is 2.